The molecule has 1 heterocycles. The van der Waals surface area contributed by atoms with Gasteiger partial charge in [-0.3, -0.25) is 0 Å². The second kappa shape index (κ2) is 5.27. The number of hydrogen-bond acceptors (Lipinski definition) is 3. The molecule has 0 atom stereocenters. The van der Waals surface area contributed by atoms with Crippen molar-refractivity contribution in [3.05, 3.63) is 53.2 Å². The van der Waals surface area contributed by atoms with Crippen LogP contribution in [0.25, 0.3) is 0 Å². The zero-order chi connectivity index (χ0) is 14.0. The Kier molecular flexibility index (Phi) is 3.71. The number of aromatic nitrogens is 1. The van der Waals surface area contributed by atoms with Crippen LogP contribution in [-0.4, -0.2) is 9.97 Å². The van der Waals surface area contributed by atoms with Crippen molar-refractivity contribution in [3.8, 4) is 0 Å². The summed E-state index contributed by atoms with van der Waals surface area (Å²) in [5.41, 5.74) is 6.23. The first-order valence-electron chi connectivity index (χ1n) is 5.46. The molecule has 3 nitrogen and oxygen atoms in total. The van der Waals surface area contributed by atoms with Gasteiger partial charge < -0.3 is 11.1 Å². The molecule has 1 aromatic carbocycles. The maximum Gasteiger partial charge on any atom is 0.147 e. The predicted octanol–water partition coefficient (Wildman–Crippen LogP) is 3.05. The molecule has 0 unspecified atom stereocenters. The number of anilines is 2. The van der Waals surface area contributed by atoms with Gasteiger partial charge >= 0.3 is 0 Å². The zero-order valence-electron chi connectivity index (χ0n) is 10.1. The van der Waals surface area contributed by atoms with E-state index in [2.05, 4.69) is 10.3 Å². The Labute approximate surface area is 114 Å². The van der Waals surface area contributed by atoms with E-state index in [0.717, 1.165) is 12.1 Å². The van der Waals surface area contributed by atoms with Gasteiger partial charge in [-0.1, -0.05) is 12.2 Å². The Morgan fingerprint density at radius 1 is 1.32 bits per heavy atom. The lowest BCUT2D eigenvalue weighted by molar-refractivity contribution is 0.595. The van der Waals surface area contributed by atoms with E-state index in [4.69, 9.17) is 18.0 Å². The number of halogens is 2. The number of aryl methyl sites for hydroxylation is 1. The van der Waals surface area contributed by atoms with Crippen molar-refractivity contribution in [2.24, 2.45) is 5.73 Å². The summed E-state index contributed by atoms with van der Waals surface area (Å²) in [6, 6.07) is 5.50. The van der Waals surface area contributed by atoms with Crippen LogP contribution in [0.5, 0.6) is 0 Å². The molecule has 0 saturated carbocycles. The summed E-state index contributed by atoms with van der Waals surface area (Å²) in [5.74, 6) is -0.785. The summed E-state index contributed by atoms with van der Waals surface area (Å²) in [4.78, 5) is 4.15. The summed E-state index contributed by atoms with van der Waals surface area (Å²) < 4.78 is 27.2. The van der Waals surface area contributed by atoms with Crippen LogP contribution in [0.15, 0.2) is 30.5 Å². The van der Waals surface area contributed by atoms with Crippen molar-refractivity contribution in [2.75, 3.05) is 5.32 Å². The van der Waals surface area contributed by atoms with Crippen LogP contribution in [-0.2, 0) is 0 Å². The number of hydrogen-bond donors (Lipinski definition) is 2. The molecule has 0 aliphatic rings. The molecule has 0 spiro atoms. The molecule has 0 bridgehead atoms. The van der Waals surface area contributed by atoms with Gasteiger partial charge in [0.25, 0.3) is 0 Å². The van der Waals surface area contributed by atoms with E-state index in [0.29, 0.717) is 5.56 Å². The third-order valence-corrected chi connectivity index (χ3v) is 2.79. The Morgan fingerprint density at radius 2 is 2.05 bits per heavy atom. The van der Waals surface area contributed by atoms with Crippen molar-refractivity contribution >= 4 is 28.7 Å². The third-order valence-electron chi connectivity index (χ3n) is 2.57. The SMILES string of the molecule is Cc1cc(F)c(Nc2ncccc2C(N)=S)cc1F. The normalized spacial score (nSPS) is 10.3. The van der Waals surface area contributed by atoms with Crippen LogP contribution in [0, 0.1) is 18.6 Å². The highest BCUT2D eigenvalue weighted by Gasteiger charge is 2.11. The molecule has 0 aliphatic carbocycles. The average Bonchev–Trinajstić information content (AvgIpc) is 2.36. The van der Waals surface area contributed by atoms with Crippen molar-refractivity contribution in [3.63, 3.8) is 0 Å². The van der Waals surface area contributed by atoms with Crippen LogP contribution in [0.3, 0.4) is 0 Å². The van der Waals surface area contributed by atoms with E-state index in [9.17, 15) is 8.78 Å². The van der Waals surface area contributed by atoms with Gasteiger partial charge in [-0.2, -0.15) is 0 Å². The van der Waals surface area contributed by atoms with Gasteiger partial charge in [-0.25, -0.2) is 13.8 Å². The standard InChI is InChI=1S/C13H11F2N3S/c1-7-5-10(15)11(6-9(7)14)18-13-8(12(16)19)3-2-4-17-13/h2-6H,1H3,(H2,16,19)(H,17,18). The maximum atomic E-state index is 13.7. The molecule has 1 aromatic heterocycles. The smallest absolute Gasteiger partial charge is 0.147 e. The first kappa shape index (κ1) is 13.4. The summed E-state index contributed by atoms with van der Waals surface area (Å²) in [7, 11) is 0. The lowest BCUT2D eigenvalue weighted by Gasteiger charge is -2.11. The summed E-state index contributed by atoms with van der Waals surface area (Å²) in [6.45, 7) is 1.49. The molecule has 2 rings (SSSR count). The molecule has 0 saturated heterocycles. The van der Waals surface area contributed by atoms with Crippen molar-refractivity contribution in [2.45, 2.75) is 6.92 Å². The maximum absolute atomic E-state index is 13.7. The highest BCUT2D eigenvalue weighted by Crippen LogP contribution is 2.23. The van der Waals surface area contributed by atoms with Crippen LogP contribution in [0.1, 0.15) is 11.1 Å². The molecular formula is C13H11F2N3S. The lowest BCUT2D eigenvalue weighted by Crippen LogP contribution is -2.13. The minimum Gasteiger partial charge on any atom is -0.389 e. The fourth-order valence-electron chi connectivity index (χ4n) is 1.57. The highest BCUT2D eigenvalue weighted by molar-refractivity contribution is 7.80. The molecule has 0 radical (unpaired) electrons. The van der Waals surface area contributed by atoms with E-state index >= 15 is 0 Å². The second-order valence-electron chi connectivity index (χ2n) is 3.97. The van der Waals surface area contributed by atoms with Crippen molar-refractivity contribution < 1.29 is 8.78 Å². The van der Waals surface area contributed by atoms with Gasteiger partial charge in [-0.05, 0) is 30.7 Å². The van der Waals surface area contributed by atoms with E-state index < -0.39 is 11.6 Å². The molecule has 19 heavy (non-hydrogen) atoms. The van der Waals surface area contributed by atoms with Crippen LogP contribution >= 0.6 is 12.2 Å². The van der Waals surface area contributed by atoms with Gasteiger partial charge in [0.1, 0.15) is 22.4 Å². The molecular weight excluding hydrogens is 268 g/mol. The van der Waals surface area contributed by atoms with E-state index in [1.807, 2.05) is 0 Å². The molecule has 98 valence electrons. The first-order chi connectivity index (χ1) is 8.99. The van der Waals surface area contributed by atoms with Crippen LogP contribution < -0.4 is 11.1 Å². The lowest BCUT2D eigenvalue weighted by atomic mass is 10.2. The second-order valence-corrected chi connectivity index (χ2v) is 4.41. The average molecular weight is 279 g/mol. The molecule has 6 heteroatoms. The molecule has 3 N–H and O–H groups in total. The van der Waals surface area contributed by atoms with Gasteiger partial charge in [0, 0.05) is 12.3 Å². The number of rotatable bonds is 3. The zero-order valence-corrected chi connectivity index (χ0v) is 10.9. The van der Waals surface area contributed by atoms with E-state index in [1.54, 1.807) is 12.1 Å². The number of nitrogens with two attached hydrogens (primary N) is 1. The fourth-order valence-corrected chi connectivity index (χ4v) is 1.74. The summed E-state index contributed by atoms with van der Waals surface area (Å²) in [6.07, 6.45) is 1.51. The Hall–Kier alpha value is -2.08. The summed E-state index contributed by atoms with van der Waals surface area (Å²) in [5, 5.41) is 2.70. The minimum atomic E-state index is -0.571. The van der Waals surface area contributed by atoms with Crippen LogP contribution in [0.4, 0.5) is 20.3 Å². The molecule has 0 fully saturated rings. The Bertz CT molecular complexity index is 644. The van der Waals surface area contributed by atoms with Crippen molar-refractivity contribution in [1.29, 1.82) is 0 Å². The van der Waals surface area contributed by atoms with Crippen molar-refractivity contribution in [1.82, 2.24) is 4.98 Å². The van der Waals surface area contributed by atoms with E-state index in [1.165, 1.54) is 13.1 Å². The van der Waals surface area contributed by atoms with Gasteiger partial charge in [0.2, 0.25) is 0 Å². The quantitative estimate of drug-likeness (QED) is 0.848. The van der Waals surface area contributed by atoms with Gasteiger partial charge in [-0.15, -0.1) is 0 Å². The summed E-state index contributed by atoms with van der Waals surface area (Å²) >= 11 is 4.88. The largest absolute Gasteiger partial charge is 0.389 e. The number of benzene rings is 1. The number of pyridine rings is 1. The number of thiocarbonyl (C=S) groups is 1. The van der Waals surface area contributed by atoms with E-state index in [-0.39, 0.29) is 22.1 Å². The Balaban J connectivity index is 2.42. The molecule has 0 amide bonds. The third kappa shape index (κ3) is 2.85. The minimum absolute atomic E-state index is 0.0145. The topological polar surface area (TPSA) is 50.9 Å². The predicted molar refractivity (Wildman–Crippen MR) is 74.5 cm³/mol. The first-order valence-corrected chi connectivity index (χ1v) is 5.87. The fraction of sp³-hybridized carbons (Fsp3) is 0.0769. The monoisotopic (exact) mass is 279 g/mol. The molecule has 2 aromatic rings. The highest BCUT2D eigenvalue weighted by atomic mass is 32.1. The number of nitrogens with zero attached hydrogens (tertiary/aromatic N) is 1. The van der Waals surface area contributed by atoms with Gasteiger partial charge in [0.05, 0.1) is 11.3 Å². The van der Waals surface area contributed by atoms with Gasteiger partial charge in [0.15, 0.2) is 0 Å². The Morgan fingerprint density at radius 3 is 2.74 bits per heavy atom. The molecule has 0 aliphatic heterocycles. The number of nitrogens with one attached hydrogen (secondary N) is 1. The van der Waals surface area contributed by atoms with Crippen LogP contribution in [0.2, 0.25) is 0 Å².